The predicted molar refractivity (Wildman–Crippen MR) is 237 cm³/mol. The quantitative estimate of drug-likeness (QED) is 0.170. The number of hydrogen-bond acceptors (Lipinski definition) is 3. The zero-order chi connectivity index (χ0) is 37.0. The van der Waals surface area contributed by atoms with E-state index < -0.39 is 0 Å². The van der Waals surface area contributed by atoms with Crippen molar-refractivity contribution in [1.29, 1.82) is 0 Å². The van der Waals surface area contributed by atoms with Crippen LogP contribution in [0.25, 0.3) is 98.1 Å². The van der Waals surface area contributed by atoms with E-state index in [0.717, 1.165) is 58.0 Å². The van der Waals surface area contributed by atoms with Gasteiger partial charge in [-0.2, -0.15) is 0 Å². The van der Waals surface area contributed by atoms with E-state index in [-0.39, 0.29) is 0 Å². The summed E-state index contributed by atoms with van der Waals surface area (Å²) in [6.07, 6.45) is 8.79. The standard InChI is InChI=1S/C52H35N3S/c1-4-15-34(16-5-1)43-31-39(32-44-41-21-11-13-26-49(41)56-51(43)44)55-47-24-12-10-22-42(47)50-40(23-14-25-48(50)55)35-27-29-38(30-28-35)52-53-45(36-17-6-2-7-18-36)33-46(54-52)37-19-8-3-9-20-37/h1-2,4-8,10-33H,3,9H2. The van der Waals surface area contributed by atoms with Gasteiger partial charge in [0.2, 0.25) is 0 Å². The van der Waals surface area contributed by atoms with Crippen LogP contribution in [0.3, 0.4) is 0 Å². The Bertz CT molecular complexity index is 3170. The summed E-state index contributed by atoms with van der Waals surface area (Å²) in [5.74, 6) is 0.730. The third-order valence-corrected chi connectivity index (χ3v) is 12.3. The fourth-order valence-corrected chi connectivity index (χ4v) is 9.61. The zero-order valence-corrected chi connectivity index (χ0v) is 31.4. The molecule has 3 aromatic heterocycles. The van der Waals surface area contributed by atoms with Crippen LogP contribution in [0, 0.1) is 0 Å². The first-order valence-electron chi connectivity index (χ1n) is 19.2. The van der Waals surface area contributed by atoms with Gasteiger partial charge in [0.25, 0.3) is 0 Å². The topological polar surface area (TPSA) is 30.7 Å². The molecule has 0 bridgehead atoms. The maximum Gasteiger partial charge on any atom is 0.160 e. The SMILES string of the molecule is C1=CC(c2cc(-c3ccccc3)nc(-c3ccc(-c4cccc5c4c4ccccc4n5-c4cc(-c5ccccc5)c5sc6ccccc6c5c4)cc3)n2)=CCC1. The van der Waals surface area contributed by atoms with E-state index in [2.05, 4.69) is 187 Å². The highest BCUT2D eigenvalue weighted by atomic mass is 32.1. The number of benzene rings is 7. The molecule has 11 rings (SSSR count). The van der Waals surface area contributed by atoms with Crippen molar-refractivity contribution >= 4 is 58.9 Å². The van der Waals surface area contributed by atoms with Crippen LogP contribution >= 0.6 is 11.3 Å². The fourth-order valence-electron chi connectivity index (χ4n) is 8.39. The number of fused-ring (bicyclic) bond motifs is 6. The molecular weight excluding hydrogens is 699 g/mol. The minimum Gasteiger partial charge on any atom is -0.309 e. The molecule has 0 amide bonds. The lowest BCUT2D eigenvalue weighted by Crippen LogP contribution is -1.98. The first-order chi connectivity index (χ1) is 27.8. The van der Waals surface area contributed by atoms with Crippen LogP contribution in [0.2, 0.25) is 0 Å². The third kappa shape index (κ3) is 5.49. The van der Waals surface area contributed by atoms with Crippen molar-refractivity contribution in [3.63, 3.8) is 0 Å². The number of hydrogen-bond donors (Lipinski definition) is 0. The number of para-hydroxylation sites is 1. The van der Waals surface area contributed by atoms with Gasteiger partial charge in [-0.3, -0.25) is 0 Å². The molecular formula is C52H35N3S. The van der Waals surface area contributed by atoms with Gasteiger partial charge in [0.15, 0.2) is 5.82 Å². The maximum atomic E-state index is 5.12. The number of thiophene rings is 1. The monoisotopic (exact) mass is 733 g/mol. The number of allylic oxidation sites excluding steroid dienone is 4. The summed E-state index contributed by atoms with van der Waals surface area (Å²) in [6, 6.07) is 61.3. The van der Waals surface area contributed by atoms with Crippen molar-refractivity contribution in [1.82, 2.24) is 14.5 Å². The van der Waals surface area contributed by atoms with E-state index in [1.54, 1.807) is 0 Å². The lowest BCUT2D eigenvalue weighted by Gasteiger charge is -2.13. The molecule has 7 aromatic carbocycles. The average Bonchev–Trinajstić information content (AvgIpc) is 3.83. The Morgan fingerprint density at radius 1 is 0.482 bits per heavy atom. The van der Waals surface area contributed by atoms with Gasteiger partial charge in [-0.25, -0.2) is 9.97 Å². The van der Waals surface area contributed by atoms with Gasteiger partial charge in [-0.05, 0) is 71.5 Å². The second-order valence-corrected chi connectivity index (χ2v) is 15.5. The molecule has 1 aliphatic carbocycles. The molecule has 0 unspecified atom stereocenters. The van der Waals surface area contributed by atoms with Crippen LogP contribution in [0.15, 0.2) is 188 Å². The molecule has 1 aliphatic rings. The molecule has 10 aromatic rings. The molecule has 4 heteroatoms. The Balaban J connectivity index is 1.07. The fraction of sp³-hybridized carbons (Fsp3) is 0.0385. The number of nitrogens with zero attached hydrogens (tertiary/aromatic N) is 3. The summed E-state index contributed by atoms with van der Waals surface area (Å²) in [7, 11) is 0. The van der Waals surface area contributed by atoms with Gasteiger partial charge >= 0.3 is 0 Å². The maximum absolute atomic E-state index is 5.12. The van der Waals surface area contributed by atoms with Crippen LogP contribution in [-0.2, 0) is 0 Å². The van der Waals surface area contributed by atoms with E-state index in [9.17, 15) is 0 Å². The lowest BCUT2D eigenvalue weighted by molar-refractivity contribution is 1.03. The highest BCUT2D eigenvalue weighted by Crippen LogP contribution is 2.44. The summed E-state index contributed by atoms with van der Waals surface area (Å²) in [5, 5.41) is 5.06. The molecule has 0 aliphatic heterocycles. The number of aromatic nitrogens is 3. The van der Waals surface area contributed by atoms with Gasteiger partial charge in [0.1, 0.15) is 0 Å². The Morgan fingerprint density at radius 2 is 1.16 bits per heavy atom. The second-order valence-electron chi connectivity index (χ2n) is 14.4. The molecule has 0 radical (unpaired) electrons. The minimum absolute atomic E-state index is 0.730. The third-order valence-electron chi connectivity index (χ3n) is 11.0. The Morgan fingerprint density at radius 3 is 1.96 bits per heavy atom. The van der Waals surface area contributed by atoms with Crippen LogP contribution in [0.5, 0.6) is 0 Å². The van der Waals surface area contributed by atoms with Crippen LogP contribution in [0.4, 0.5) is 0 Å². The highest BCUT2D eigenvalue weighted by molar-refractivity contribution is 7.26. The zero-order valence-electron chi connectivity index (χ0n) is 30.6. The van der Waals surface area contributed by atoms with Crippen LogP contribution in [-0.4, -0.2) is 14.5 Å². The van der Waals surface area contributed by atoms with Crippen LogP contribution in [0.1, 0.15) is 18.5 Å². The van der Waals surface area contributed by atoms with E-state index in [4.69, 9.17) is 9.97 Å². The molecule has 3 heterocycles. The van der Waals surface area contributed by atoms with E-state index in [0.29, 0.717) is 0 Å². The summed E-state index contributed by atoms with van der Waals surface area (Å²) < 4.78 is 5.08. The molecule has 0 fully saturated rings. The first kappa shape index (κ1) is 32.5. The Hall–Kier alpha value is -6.88. The summed E-state index contributed by atoms with van der Waals surface area (Å²) >= 11 is 1.88. The van der Waals surface area contributed by atoms with Crippen molar-refractivity contribution in [2.45, 2.75) is 12.8 Å². The van der Waals surface area contributed by atoms with Gasteiger partial charge in [0, 0.05) is 53.3 Å². The van der Waals surface area contributed by atoms with Crippen molar-refractivity contribution < 1.29 is 0 Å². The molecule has 0 saturated heterocycles. The molecule has 0 N–H and O–H groups in total. The summed E-state index contributed by atoms with van der Waals surface area (Å²) in [5.41, 5.74) is 13.5. The van der Waals surface area contributed by atoms with Gasteiger partial charge in [-0.15, -0.1) is 11.3 Å². The summed E-state index contributed by atoms with van der Waals surface area (Å²) in [6.45, 7) is 0. The molecule has 3 nitrogen and oxygen atoms in total. The first-order valence-corrected chi connectivity index (χ1v) is 20.0. The molecule has 0 saturated carbocycles. The Kier molecular flexibility index (Phi) is 7.82. The van der Waals surface area contributed by atoms with Crippen molar-refractivity contribution in [2.75, 3.05) is 0 Å². The Labute approximate surface area is 329 Å². The summed E-state index contributed by atoms with van der Waals surface area (Å²) in [4.78, 5) is 10.2. The smallest absolute Gasteiger partial charge is 0.160 e. The van der Waals surface area contributed by atoms with E-state index >= 15 is 0 Å². The van der Waals surface area contributed by atoms with E-state index in [1.165, 1.54) is 58.7 Å². The van der Waals surface area contributed by atoms with E-state index in [1.807, 2.05) is 17.4 Å². The minimum atomic E-state index is 0.730. The lowest BCUT2D eigenvalue weighted by atomic mass is 9.98. The largest absolute Gasteiger partial charge is 0.309 e. The van der Waals surface area contributed by atoms with Gasteiger partial charge in [0.05, 0.1) is 22.4 Å². The molecule has 0 spiro atoms. The van der Waals surface area contributed by atoms with Crippen molar-refractivity contribution in [2.24, 2.45) is 0 Å². The highest BCUT2D eigenvalue weighted by Gasteiger charge is 2.20. The second kappa shape index (κ2) is 13.5. The molecule has 0 atom stereocenters. The molecule has 56 heavy (non-hydrogen) atoms. The van der Waals surface area contributed by atoms with Crippen LogP contribution < -0.4 is 0 Å². The van der Waals surface area contributed by atoms with Gasteiger partial charge in [-0.1, -0.05) is 152 Å². The van der Waals surface area contributed by atoms with Crippen molar-refractivity contribution in [3.8, 4) is 50.6 Å². The molecule has 264 valence electrons. The average molecular weight is 734 g/mol. The normalized spacial score (nSPS) is 12.9. The van der Waals surface area contributed by atoms with Crippen molar-refractivity contribution in [3.05, 3.63) is 194 Å². The van der Waals surface area contributed by atoms with Gasteiger partial charge < -0.3 is 4.57 Å². The predicted octanol–water partition coefficient (Wildman–Crippen LogP) is 14.3. The number of rotatable bonds is 6.